The summed E-state index contributed by atoms with van der Waals surface area (Å²) in [5.41, 5.74) is 2.60. The maximum atomic E-state index is 13.3. The van der Waals surface area contributed by atoms with Gasteiger partial charge in [-0.1, -0.05) is 50.2 Å². The van der Waals surface area contributed by atoms with Crippen molar-refractivity contribution in [2.45, 2.75) is 50.5 Å². The van der Waals surface area contributed by atoms with E-state index in [0.29, 0.717) is 43.7 Å². The number of carbonyl (C=O) groups excluding carboxylic acids is 1. The van der Waals surface area contributed by atoms with Crippen LogP contribution in [0, 0.1) is 5.92 Å². The lowest BCUT2D eigenvalue weighted by atomic mass is 9.87. The van der Waals surface area contributed by atoms with E-state index in [2.05, 4.69) is 53.3 Å². The summed E-state index contributed by atoms with van der Waals surface area (Å²) in [7, 11) is -2.38. The van der Waals surface area contributed by atoms with Gasteiger partial charge in [-0.3, -0.25) is 9.69 Å². The van der Waals surface area contributed by atoms with Gasteiger partial charge in [0.25, 0.3) is 0 Å². The van der Waals surface area contributed by atoms with Crippen molar-refractivity contribution in [1.82, 2.24) is 19.3 Å². The van der Waals surface area contributed by atoms with Gasteiger partial charge in [-0.05, 0) is 48.6 Å². The molecule has 2 fully saturated rings. The molecule has 5 rings (SSSR count). The van der Waals surface area contributed by atoms with E-state index >= 15 is 0 Å². The van der Waals surface area contributed by atoms with Gasteiger partial charge in [-0.15, -0.1) is 0 Å². The zero-order valence-corrected chi connectivity index (χ0v) is 25.4. The lowest BCUT2D eigenvalue weighted by molar-refractivity contribution is -0.121. The molecule has 1 unspecified atom stereocenters. The monoisotopic (exact) mass is 597 g/mol. The van der Waals surface area contributed by atoms with E-state index in [4.69, 9.17) is 14.0 Å². The molecule has 1 aromatic heterocycles. The Morgan fingerprint density at radius 3 is 2.52 bits per heavy atom. The highest BCUT2D eigenvalue weighted by Crippen LogP contribution is 2.31. The number of sulfonamides is 1. The third-order valence-electron chi connectivity index (χ3n) is 7.73. The summed E-state index contributed by atoms with van der Waals surface area (Å²) in [4.78, 5) is 20.0. The van der Waals surface area contributed by atoms with Crippen molar-refractivity contribution < 1.29 is 27.2 Å². The Balaban J connectivity index is 1.22. The molecule has 2 aromatic carbocycles. The first-order chi connectivity index (χ1) is 20.0. The topological polar surface area (TPSA) is 127 Å². The number of aromatic nitrogens is 2. The van der Waals surface area contributed by atoms with Gasteiger partial charge >= 0.3 is 0 Å². The van der Waals surface area contributed by atoms with Crippen molar-refractivity contribution in [1.29, 1.82) is 0 Å². The molecule has 0 saturated carbocycles. The number of morpholine rings is 1. The van der Waals surface area contributed by atoms with Gasteiger partial charge in [0.05, 0.1) is 32.8 Å². The Bertz CT molecular complexity index is 1490. The van der Waals surface area contributed by atoms with Gasteiger partial charge in [0, 0.05) is 30.9 Å². The lowest BCUT2D eigenvalue weighted by Gasteiger charge is -2.31. The van der Waals surface area contributed by atoms with Crippen molar-refractivity contribution in [3.8, 4) is 17.1 Å². The van der Waals surface area contributed by atoms with Crippen molar-refractivity contribution in [3.63, 3.8) is 0 Å². The molecule has 2 aliphatic heterocycles. The number of methoxy groups -OCH3 is 1. The average Bonchev–Trinajstić information content (AvgIpc) is 3.45. The van der Waals surface area contributed by atoms with Crippen LogP contribution in [0.1, 0.15) is 45.1 Å². The summed E-state index contributed by atoms with van der Waals surface area (Å²) in [6.07, 6.45) is 1.57. The summed E-state index contributed by atoms with van der Waals surface area (Å²) < 4.78 is 44.2. The smallest absolute Gasteiger partial charge is 0.246 e. The molecule has 1 atom stereocenters. The van der Waals surface area contributed by atoms with Crippen molar-refractivity contribution >= 4 is 21.6 Å². The van der Waals surface area contributed by atoms with Crippen LogP contribution < -0.4 is 10.1 Å². The number of piperidine rings is 1. The molecule has 0 bridgehead atoms. The van der Waals surface area contributed by atoms with E-state index in [9.17, 15) is 13.2 Å². The fraction of sp³-hybridized carbons (Fsp3) is 0.500. The van der Waals surface area contributed by atoms with E-state index in [1.54, 1.807) is 12.1 Å². The largest absolute Gasteiger partial charge is 0.495 e. The lowest BCUT2D eigenvalue weighted by Crippen LogP contribution is -2.41. The fourth-order valence-corrected chi connectivity index (χ4v) is 6.88. The molecule has 2 saturated heterocycles. The fourth-order valence-electron chi connectivity index (χ4n) is 5.29. The zero-order chi connectivity index (χ0) is 29.9. The van der Waals surface area contributed by atoms with Crippen molar-refractivity contribution in [3.05, 3.63) is 53.9 Å². The summed E-state index contributed by atoms with van der Waals surface area (Å²) in [5.74, 6) is 0.836. The Labute approximate surface area is 247 Å². The highest BCUT2D eigenvalue weighted by atomic mass is 32.2. The van der Waals surface area contributed by atoms with Gasteiger partial charge in [-0.2, -0.15) is 9.29 Å². The second kappa shape index (κ2) is 12.5. The van der Waals surface area contributed by atoms with Crippen LogP contribution >= 0.6 is 0 Å². The molecule has 0 spiro atoms. The van der Waals surface area contributed by atoms with Crippen LogP contribution in [0.5, 0.6) is 5.75 Å². The van der Waals surface area contributed by atoms with Gasteiger partial charge in [0.1, 0.15) is 10.6 Å². The highest BCUT2D eigenvalue weighted by Gasteiger charge is 2.31. The van der Waals surface area contributed by atoms with Gasteiger partial charge < -0.3 is 19.3 Å². The third kappa shape index (κ3) is 6.83. The Kier molecular flexibility index (Phi) is 8.97. The van der Waals surface area contributed by atoms with E-state index < -0.39 is 10.0 Å². The normalized spacial score (nSPS) is 19.0. The molecular weight excluding hydrogens is 558 g/mol. The zero-order valence-electron chi connectivity index (χ0n) is 24.6. The summed E-state index contributed by atoms with van der Waals surface area (Å²) in [6.45, 7) is 9.52. The van der Waals surface area contributed by atoms with Gasteiger partial charge in [0.2, 0.25) is 27.6 Å². The van der Waals surface area contributed by atoms with Crippen LogP contribution in [-0.4, -0.2) is 80.2 Å². The number of benzene rings is 2. The summed E-state index contributed by atoms with van der Waals surface area (Å²) in [5, 5.41) is 7.09. The number of carbonyl (C=O) groups is 1. The number of anilines is 1. The molecule has 226 valence electrons. The van der Waals surface area contributed by atoms with Gasteiger partial charge in [-0.25, -0.2) is 8.42 Å². The molecule has 0 aliphatic carbocycles. The number of nitrogens with one attached hydrogen (secondary N) is 1. The quantitative estimate of drug-likeness (QED) is 0.411. The number of hydrogen-bond donors (Lipinski definition) is 1. The maximum absolute atomic E-state index is 13.3. The van der Waals surface area contributed by atoms with Crippen LogP contribution in [0.4, 0.5) is 5.69 Å². The molecule has 3 aromatic rings. The van der Waals surface area contributed by atoms with E-state index in [1.165, 1.54) is 23.0 Å². The molecule has 11 nitrogen and oxygen atoms in total. The molecule has 1 N–H and O–H groups in total. The minimum Gasteiger partial charge on any atom is -0.495 e. The van der Waals surface area contributed by atoms with Crippen LogP contribution in [0.2, 0.25) is 0 Å². The van der Waals surface area contributed by atoms with Crippen LogP contribution in [0.25, 0.3) is 11.4 Å². The molecule has 0 radical (unpaired) electrons. The molecule has 12 heteroatoms. The minimum absolute atomic E-state index is 0.0233. The predicted octanol–water partition coefficient (Wildman–Crippen LogP) is 3.91. The highest BCUT2D eigenvalue weighted by molar-refractivity contribution is 7.89. The Morgan fingerprint density at radius 1 is 1.10 bits per heavy atom. The number of likely N-dealkylation sites (tertiary alicyclic amines) is 1. The van der Waals surface area contributed by atoms with E-state index in [1.807, 2.05) is 12.1 Å². The molecule has 3 heterocycles. The molecule has 2 aliphatic rings. The average molecular weight is 598 g/mol. The first-order valence-corrected chi connectivity index (χ1v) is 15.7. The second-order valence-electron chi connectivity index (χ2n) is 11.8. The summed E-state index contributed by atoms with van der Waals surface area (Å²) >= 11 is 0. The third-order valence-corrected chi connectivity index (χ3v) is 9.65. The molecule has 1 amide bonds. The number of amides is 1. The number of hydrogen-bond acceptors (Lipinski definition) is 9. The minimum atomic E-state index is -3.81. The van der Waals surface area contributed by atoms with Crippen LogP contribution in [0.15, 0.2) is 51.9 Å². The van der Waals surface area contributed by atoms with Gasteiger partial charge in [0.15, 0.2) is 0 Å². The molecular formula is C30H39N5O6S. The maximum Gasteiger partial charge on any atom is 0.246 e. The first kappa shape index (κ1) is 30.1. The Hall–Kier alpha value is -3.32. The van der Waals surface area contributed by atoms with Crippen molar-refractivity contribution in [2.24, 2.45) is 5.92 Å². The number of ether oxygens (including phenoxy) is 2. The second-order valence-corrected chi connectivity index (χ2v) is 13.7. The Morgan fingerprint density at radius 2 is 1.83 bits per heavy atom. The number of rotatable bonds is 8. The SMILES string of the molecule is COc1ccc(NC(=O)C2CCCN(Cc3nc(-c4ccc(C(C)(C)C)cc4)no3)C2)cc1S(=O)(=O)N1CCOCC1. The predicted molar refractivity (Wildman–Crippen MR) is 158 cm³/mol. The van der Waals surface area contributed by atoms with Crippen molar-refractivity contribution in [2.75, 3.05) is 51.8 Å². The number of nitrogens with zero attached hydrogens (tertiary/aromatic N) is 4. The standard InChI is InChI=1S/C30H39N5O6S/c1-30(2,3)23-9-7-21(8-10-23)28-32-27(41-33-28)20-34-13-5-6-22(19-34)29(36)31-24-11-12-25(39-4)26(18-24)42(37,38)35-14-16-40-17-15-35/h7-12,18,22H,5-6,13-17,19-20H2,1-4H3,(H,31,36). The summed E-state index contributed by atoms with van der Waals surface area (Å²) in [6, 6.07) is 12.9. The van der Waals surface area contributed by atoms with E-state index in [0.717, 1.165) is 24.9 Å². The van der Waals surface area contributed by atoms with E-state index in [-0.39, 0.29) is 41.0 Å². The van der Waals surface area contributed by atoms with Crippen LogP contribution in [0.3, 0.4) is 0 Å². The van der Waals surface area contributed by atoms with Crippen LogP contribution in [-0.2, 0) is 31.5 Å². The first-order valence-electron chi connectivity index (χ1n) is 14.3. The molecule has 42 heavy (non-hydrogen) atoms.